The molecule has 0 amide bonds. The lowest BCUT2D eigenvalue weighted by Gasteiger charge is -2.15. The van der Waals surface area contributed by atoms with Gasteiger partial charge in [-0.05, 0) is 25.0 Å². The van der Waals surface area contributed by atoms with Crippen molar-refractivity contribution in [1.29, 1.82) is 0 Å². The smallest absolute Gasteiger partial charge is 0.123 e. The van der Waals surface area contributed by atoms with Crippen LogP contribution in [0.4, 0.5) is 0 Å². The molecule has 1 aromatic carbocycles. The maximum Gasteiger partial charge on any atom is 0.123 e. The SMILES string of the molecule is CCOc1cccc2c1[CH]C=CC2. The summed E-state index contributed by atoms with van der Waals surface area (Å²) in [7, 11) is 0. The highest BCUT2D eigenvalue weighted by Gasteiger charge is 2.09. The van der Waals surface area contributed by atoms with Gasteiger partial charge >= 0.3 is 0 Å². The number of hydrogen-bond acceptors (Lipinski definition) is 1. The van der Waals surface area contributed by atoms with Gasteiger partial charge in [0.05, 0.1) is 6.61 Å². The lowest BCUT2D eigenvalue weighted by Crippen LogP contribution is -2.01. The van der Waals surface area contributed by atoms with Gasteiger partial charge in [-0.3, -0.25) is 0 Å². The Hall–Kier alpha value is -1.24. The summed E-state index contributed by atoms with van der Waals surface area (Å²) >= 11 is 0. The average Bonchev–Trinajstić information content (AvgIpc) is 2.19. The molecule has 0 bridgehead atoms. The average molecular weight is 173 g/mol. The summed E-state index contributed by atoms with van der Waals surface area (Å²) < 4.78 is 5.54. The molecular weight excluding hydrogens is 160 g/mol. The highest BCUT2D eigenvalue weighted by molar-refractivity contribution is 5.50. The Morgan fingerprint density at radius 3 is 3.15 bits per heavy atom. The molecule has 1 heteroatoms. The zero-order valence-electron chi connectivity index (χ0n) is 7.79. The molecule has 0 saturated carbocycles. The highest BCUT2D eigenvalue weighted by Crippen LogP contribution is 2.27. The first-order valence-electron chi connectivity index (χ1n) is 4.66. The third-order valence-electron chi connectivity index (χ3n) is 2.19. The summed E-state index contributed by atoms with van der Waals surface area (Å²) in [6.45, 7) is 2.74. The van der Waals surface area contributed by atoms with E-state index >= 15 is 0 Å². The van der Waals surface area contributed by atoms with Crippen molar-refractivity contribution in [3.05, 3.63) is 47.9 Å². The third-order valence-corrected chi connectivity index (χ3v) is 2.19. The molecule has 0 aliphatic heterocycles. The van der Waals surface area contributed by atoms with Gasteiger partial charge in [-0.25, -0.2) is 0 Å². The summed E-state index contributed by atoms with van der Waals surface area (Å²) in [4.78, 5) is 0. The van der Waals surface area contributed by atoms with E-state index in [9.17, 15) is 0 Å². The molecule has 0 aromatic heterocycles. The van der Waals surface area contributed by atoms with Crippen molar-refractivity contribution < 1.29 is 4.74 Å². The predicted molar refractivity (Wildman–Crippen MR) is 53.9 cm³/mol. The van der Waals surface area contributed by atoms with E-state index in [1.807, 2.05) is 13.0 Å². The Morgan fingerprint density at radius 1 is 1.38 bits per heavy atom. The molecule has 1 aliphatic carbocycles. The molecule has 0 unspecified atom stereocenters. The van der Waals surface area contributed by atoms with E-state index in [0.717, 1.165) is 18.8 Å². The van der Waals surface area contributed by atoms with Gasteiger partial charge in [-0.2, -0.15) is 0 Å². The van der Waals surface area contributed by atoms with Crippen LogP contribution in [-0.4, -0.2) is 6.61 Å². The largest absolute Gasteiger partial charge is 0.494 e. The van der Waals surface area contributed by atoms with Crippen molar-refractivity contribution in [3.63, 3.8) is 0 Å². The Labute approximate surface area is 79.0 Å². The summed E-state index contributed by atoms with van der Waals surface area (Å²) in [6.07, 6.45) is 7.39. The van der Waals surface area contributed by atoms with E-state index in [0.29, 0.717) is 0 Å². The summed E-state index contributed by atoms with van der Waals surface area (Å²) in [5.41, 5.74) is 2.60. The summed E-state index contributed by atoms with van der Waals surface area (Å²) in [5, 5.41) is 0. The molecule has 0 atom stereocenters. The Kier molecular flexibility index (Phi) is 2.35. The molecule has 1 radical (unpaired) electrons. The highest BCUT2D eigenvalue weighted by atomic mass is 16.5. The number of fused-ring (bicyclic) bond motifs is 1. The van der Waals surface area contributed by atoms with E-state index in [1.165, 1.54) is 11.1 Å². The first kappa shape index (κ1) is 8.36. The second-order valence-corrected chi connectivity index (χ2v) is 3.06. The van der Waals surface area contributed by atoms with E-state index in [4.69, 9.17) is 4.74 Å². The number of hydrogen-bond donors (Lipinski definition) is 0. The van der Waals surface area contributed by atoms with Gasteiger partial charge in [0.1, 0.15) is 5.75 Å². The first-order valence-corrected chi connectivity index (χ1v) is 4.66. The van der Waals surface area contributed by atoms with Gasteiger partial charge in [0.15, 0.2) is 0 Å². The van der Waals surface area contributed by atoms with Crippen molar-refractivity contribution in [2.45, 2.75) is 13.3 Å². The Morgan fingerprint density at radius 2 is 2.31 bits per heavy atom. The first-order chi connectivity index (χ1) is 6.42. The lowest BCUT2D eigenvalue weighted by molar-refractivity contribution is 0.338. The van der Waals surface area contributed by atoms with Crippen LogP contribution in [0.5, 0.6) is 5.75 Å². The molecule has 1 aliphatic rings. The molecule has 0 saturated heterocycles. The second-order valence-electron chi connectivity index (χ2n) is 3.06. The topological polar surface area (TPSA) is 9.23 Å². The number of allylic oxidation sites excluding steroid dienone is 2. The van der Waals surface area contributed by atoms with Crippen LogP contribution >= 0.6 is 0 Å². The van der Waals surface area contributed by atoms with Crippen LogP contribution in [0.2, 0.25) is 0 Å². The molecule has 0 N–H and O–H groups in total. The fourth-order valence-electron chi connectivity index (χ4n) is 1.60. The van der Waals surface area contributed by atoms with E-state index in [1.54, 1.807) is 0 Å². The van der Waals surface area contributed by atoms with Gasteiger partial charge in [-0.15, -0.1) is 0 Å². The number of rotatable bonds is 2. The monoisotopic (exact) mass is 173 g/mol. The Balaban J connectivity index is 2.37. The minimum absolute atomic E-state index is 0.730. The predicted octanol–water partition coefficient (Wildman–Crippen LogP) is 2.75. The van der Waals surface area contributed by atoms with Crippen molar-refractivity contribution in [1.82, 2.24) is 0 Å². The van der Waals surface area contributed by atoms with Crippen LogP contribution in [0, 0.1) is 6.42 Å². The van der Waals surface area contributed by atoms with E-state index in [-0.39, 0.29) is 0 Å². The maximum atomic E-state index is 5.54. The van der Waals surface area contributed by atoms with Gasteiger partial charge in [0.25, 0.3) is 0 Å². The summed E-state index contributed by atoms with van der Waals surface area (Å²) in [5.74, 6) is 1.00. The molecular formula is C12H13O. The van der Waals surface area contributed by atoms with Gasteiger partial charge < -0.3 is 4.74 Å². The zero-order chi connectivity index (χ0) is 9.10. The molecule has 1 nitrogen and oxygen atoms in total. The minimum Gasteiger partial charge on any atom is -0.494 e. The zero-order valence-corrected chi connectivity index (χ0v) is 7.79. The van der Waals surface area contributed by atoms with Gasteiger partial charge in [0.2, 0.25) is 0 Å². The quantitative estimate of drug-likeness (QED) is 0.668. The molecule has 13 heavy (non-hydrogen) atoms. The molecule has 2 rings (SSSR count). The normalized spacial score (nSPS) is 13.9. The molecule has 1 aromatic rings. The van der Waals surface area contributed by atoms with Crippen LogP contribution in [0.1, 0.15) is 18.1 Å². The van der Waals surface area contributed by atoms with Crippen LogP contribution in [0.3, 0.4) is 0 Å². The number of benzene rings is 1. The minimum atomic E-state index is 0.730. The maximum absolute atomic E-state index is 5.54. The van der Waals surface area contributed by atoms with E-state index in [2.05, 4.69) is 30.7 Å². The van der Waals surface area contributed by atoms with Crippen LogP contribution < -0.4 is 4.74 Å². The number of ether oxygens (including phenoxy) is 1. The van der Waals surface area contributed by atoms with Crippen molar-refractivity contribution in [2.24, 2.45) is 0 Å². The third kappa shape index (κ3) is 1.59. The molecule has 67 valence electrons. The summed E-state index contributed by atoms with van der Waals surface area (Å²) in [6, 6.07) is 6.23. The second kappa shape index (κ2) is 3.65. The van der Waals surface area contributed by atoms with Crippen molar-refractivity contribution in [2.75, 3.05) is 6.61 Å². The van der Waals surface area contributed by atoms with Gasteiger partial charge in [0, 0.05) is 12.0 Å². The molecule has 0 spiro atoms. The van der Waals surface area contributed by atoms with Crippen molar-refractivity contribution in [3.8, 4) is 5.75 Å². The fourth-order valence-corrected chi connectivity index (χ4v) is 1.60. The van der Waals surface area contributed by atoms with E-state index < -0.39 is 0 Å². The molecule has 0 heterocycles. The fraction of sp³-hybridized carbons (Fsp3) is 0.250. The standard InChI is InChI=1S/C12H13O/c1-2-13-12-9-5-7-10-6-3-4-8-11(10)12/h3-5,7-9H,2,6H2,1H3. The van der Waals surface area contributed by atoms with Gasteiger partial charge in [-0.1, -0.05) is 24.3 Å². The van der Waals surface area contributed by atoms with Crippen molar-refractivity contribution >= 4 is 0 Å². The Bertz CT molecular complexity index is 326. The van der Waals surface area contributed by atoms with Crippen LogP contribution in [0.25, 0.3) is 0 Å². The van der Waals surface area contributed by atoms with Crippen LogP contribution in [0.15, 0.2) is 30.4 Å². The molecule has 0 fully saturated rings. The van der Waals surface area contributed by atoms with Crippen LogP contribution in [-0.2, 0) is 6.42 Å². The lowest BCUT2D eigenvalue weighted by atomic mass is 9.96.